The van der Waals surface area contributed by atoms with E-state index in [1.807, 2.05) is 31.2 Å². The quantitative estimate of drug-likeness (QED) is 0.421. The van der Waals surface area contributed by atoms with Crippen LogP contribution in [0.25, 0.3) is 10.9 Å². The van der Waals surface area contributed by atoms with E-state index in [1.54, 1.807) is 0 Å². The number of nitrogens with zero attached hydrogens (tertiary/aromatic N) is 1. The molecular weight excluding hydrogens is 190 g/mol. The molecule has 0 aliphatic rings. The number of benzene rings is 1. The smallest absolute Gasteiger partial charge is 0.238 e. The Kier molecular flexibility index (Phi) is 2.21. The van der Waals surface area contributed by atoms with E-state index in [1.165, 1.54) is 6.92 Å². The minimum atomic E-state index is -0.179. The number of anilines is 1. The van der Waals surface area contributed by atoms with Crippen LogP contribution in [0.1, 0.15) is 12.6 Å². The molecule has 0 spiro atoms. The first kappa shape index (κ1) is 9.73. The molecule has 0 radical (unpaired) electrons. The summed E-state index contributed by atoms with van der Waals surface area (Å²) >= 11 is 0. The predicted octanol–water partition coefficient (Wildman–Crippen LogP) is 1.70. The van der Waals surface area contributed by atoms with Crippen molar-refractivity contribution in [3.8, 4) is 0 Å². The van der Waals surface area contributed by atoms with Crippen molar-refractivity contribution in [2.75, 3.05) is 5.01 Å². The van der Waals surface area contributed by atoms with Crippen molar-refractivity contribution in [2.24, 2.45) is 5.84 Å². The number of rotatable bonds is 1. The van der Waals surface area contributed by atoms with Gasteiger partial charge in [-0.3, -0.25) is 4.79 Å². The van der Waals surface area contributed by atoms with Gasteiger partial charge in [-0.25, -0.2) is 10.9 Å². The van der Waals surface area contributed by atoms with Crippen molar-refractivity contribution in [3.63, 3.8) is 0 Å². The highest BCUT2D eigenvalue weighted by Crippen LogP contribution is 2.21. The Labute approximate surface area is 87.6 Å². The van der Waals surface area contributed by atoms with Crippen LogP contribution in [0, 0.1) is 6.92 Å². The van der Waals surface area contributed by atoms with Crippen LogP contribution in [0.4, 0.5) is 5.69 Å². The molecule has 1 amide bonds. The molecule has 0 atom stereocenters. The topological polar surface area (TPSA) is 62.1 Å². The van der Waals surface area contributed by atoms with Crippen molar-refractivity contribution in [3.05, 3.63) is 30.0 Å². The second-order valence-corrected chi connectivity index (χ2v) is 3.61. The van der Waals surface area contributed by atoms with Crippen LogP contribution in [0.15, 0.2) is 24.3 Å². The zero-order valence-corrected chi connectivity index (χ0v) is 8.74. The van der Waals surface area contributed by atoms with Crippen LogP contribution in [-0.4, -0.2) is 10.9 Å². The number of carbonyl (C=O) groups is 1. The first-order valence-corrected chi connectivity index (χ1v) is 4.72. The number of aromatic amines is 1. The van der Waals surface area contributed by atoms with Crippen LogP contribution in [0.5, 0.6) is 0 Å². The van der Waals surface area contributed by atoms with Gasteiger partial charge in [0, 0.05) is 23.5 Å². The zero-order valence-electron chi connectivity index (χ0n) is 8.74. The summed E-state index contributed by atoms with van der Waals surface area (Å²) in [4.78, 5) is 14.3. The van der Waals surface area contributed by atoms with Gasteiger partial charge in [-0.1, -0.05) is 0 Å². The molecule has 0 saturated carbocycles. The molecule has 1 heterocycles. The number of hydrogen-bond donors (Lipinski definition) is 2. The first-order valence-electron chi connectivity index (χ1n) is 4.72. The average molecular weight is 203 g/mol. The molecule has 1 aromatic carbocycles. The summed E-state index contributed by atoms with van der Waals surface area (Å²) < 4.78 is 0. The van der Waals surface area contributed by atoms with E-state index >= 15 is 0 Å². The molecule has 4 heteroatoms. The maximum atomic E-state index is 11.1. The van der Waals surface area contributed by atoms with Gasteiger partial charge in [-0.05, 0) is 31.2 Å². The number of nitrogens with two attached hydrogens (primary N) is 1. The highest BCUT2D eigenvalue weighted by Gasteiger charge is 2.07. The third-order valence-electron chi connectivity index (χ3n) is 2.36. The number of aryl methyl sites for hydroxylation is 1. The fraction of sp³-hybridized carbons (Fsp3) is 0.182. The summed E-state index contributed by atoms with van der Waals surface area (Å²) in [6.07, 6.45) is 0. The number of hydrazine groups is 1. The van der Waals surface area contributed by atoms with Gasteiger partial charge in [0.2, 0.25) is 5.91 Å². The van der Waals surface area contributed by atoms with Crippen LogP contribution in [0.3, 0.4) is 0 Å². The monoisotopic (exact) mass is 203 g/mol. The van der Waals surface area contributed by atoms with Crippen molar-refractivity contribution in [1.82, 2.24) is 4.98 Å². The van der Waals surface area contributed by atoms with Crippen LogP contribution in [0.2, 0.25) is 0 Å². The lowest BCUT2D eigenvalue weighted by molar-refractivity contribution is -0.116. The van der Waals surface area contributed by atoms with E-state index in [0.717, 1.165) is 21.6 Å². The van der Waals surface area contributed by atoms with Gasteiger partial charge in [-0.2, -0.15) is 0 Å². The molecule has 3 N–H and O–H groups in total. The van der Waals surface area contributed by atoms with Gasteiger partial charge in [-0.15, -0.1) is 0 Å². The highest BCUT2D eigenvalue weighted by atomic mass is 16.2. The summed E-state index contributed by atoms with van der Waals surface area (Å²) in [6, 6.07) is 7.65. The number of carbonyl (C=O) groups excluding carboxylic acids is 1. The van der Waals surface area contributed by atoms with E-state index < -0.39 is 0 Å². The highest BCUT2D eigenvalue weighted by molar-refractivity contribution is 5.93. The largest absolute Gasteiger partial charge is 0.359 e. The second kappa shape index (κ2) is 3.40. The number of amides is 1. The van der Waals surface area contributed by atoms with E-state index in [-0.39, 0.29) is 5.91 Å². The average Bonchev–Trinajstić information content (AvgIpc) is 2.55. The minimum absolute atomic E-state index is 0.179. The first-order chi connectivity index (χ1) is 7.08. The Morgan fingerprint density at radius 2 is 2.13 bits per heavy atom. The van der Waals surface area contributed by atoms with Crippen molar-refractivity contribution in [1.29, 1.82) is 0 Å². The SMILES string of the molecule is CC(=O)N(N)c1ccc2[nH]c(C)cc2c1. The van der Waals surface area contributed by atoms with Gasteiger partial charge in [0.25, 0.3) is 0 Å². The maximum Gasteiger partial charge on any atom is 0.238 e. The minimum Gasteiger partial charge on any atom is -0.359 e. The van der Waals surface area contributed by atoms with E-state index in [2.05, 4.69) is 4.98 Å². The molecule has 0 aliphatic heterocycles. The summed E-state index contributed by atoms with van der Waals surface area (Å²) in [5.74, 6) is 5.43. The van der Waals surface area contributed by atoms with Crippen molar-refractivity contribution < 1.29 is 4.79 Å². The number of fused-ring (bicyclic) bond motifs is 1. The second-order valence-electron chi connectivity index (χ2n) is 3.61. The predicted molar refractivity (Wildman–Crippen MR) is 60.4 cm³/mol. The molecular formula is C11H13N3O. The lowest BCUT2D eigenvalue weighted by atomic mass is 10.2. The molecule has 15 heavy (non-hydrogen) atoms. The molecule has 2 rings (SSSR count). The molecule has 1 aromatic heterocycles. The van der Waals surface area contributed by atoms with Crippen molar-refractivity contribution in [2.45, 2.75) is 13.8 Å². The molecule has 0 unspecified atom stereocenters. The lowest BCUT2D eigenvalue weighted by Crippen LogP contribution is -2.35. The summed E-state index contributed by atoms with van der Waals surface area (Å²) in [6.45, 7) is 3.43. The van der Waals surface area contributed by atoms with Gasteiger partial charge in [0.1, 0.15) is 0 Å². The van der Waals surface area contributed by atoms with E-state index in [9.17, 15) is 4.79 Å². The van der Waals surface area contributed by atoms with Crippen LogP contribution in [-0.2, 0) is 4.79 Å². The Morgan fingerprint density at radius 3 is 2.80 bits per heavy atom. The van der Waals surface area contributed by atoms with Gasteiger partial charge >= 0.3 is 0 Å². The summed E-state index contributed by atoms with van der Waals surface area (Å²) in [5, 5.41) is 2.20. The lowest BCUT2D eigenvalue weighted by Gasteiger charge is -2.13. The molecule has 78 valence electrons. The van der Waals surface area contributed by atoms with Gasteiger partial charge < -0.3 is 4.98 Å². The van der Waals surface area contributed by atoms with Gasteiger partial charge in [0.05, 0.1) is 5.69 Å². The summed E-state index contributed by atoms with van der Waals surface area (Å²) in [7, 11) is 0. The number of H-pyrrole nitrogens is 1. The van der Waals surface area contributed by atoms with E-state index in [0.29, 0.717) is 5.69 Å². The molecule has 4 nitrogen and oxygen atoms in total. The molecule has 0 fully saturated rings. The Hall–Kier alpha value is -1.81. The Balaban J connectivity index is 2.50. The number of aromatic nitrogens is 1. The fourth-order valence-corrected chi connectivity index (χ4v) is 1.60. The van der Waals surface area contributed by atoms with Gasteiger partial charge in [0.15, 0.2) is 0 Å². The fourth-order valence-electron chi connectivity index (χ4n) is 1.60. The van der Waals surface area contributed by atoms with Crippen LogP contribution >= 0.6 is 0 Å². The van der Waals surface area contributed by atoms with E-state index in [4.69, 9.17) is 5.84 Å². The number of hydrogen-bond acceptors (Lipinski definition) is 2. The summed E-state index contributed by atoms with van der Waals surface area (Å²) in [5.41, 5.74) is 2.84. The molecule has 0 saturated heterocycles. The maximum absolute atomic E-state index is 11.1. The molecule has 0 aliphatic carbocycles. The van der Waals surface area contributed by atoms with Crippen LogP contribution < -0.4 is 10.9 Å². The normalized spacial score (nSPS) is 10.6. The number of nitrogens with one attached hydrogen (secondary N) is 1. The Morgan fingerprint density at radius 1 is 1.40 bits per heavy atom. The molecule has 2 aromatic rings. The van der Waals surface area contributed by atoms with Crippen molar-refractivity contribution >= 4 is 22.5 Å². The molecule has 0 bridgehead atoms. The Bertz CT molecular complexity index is 516. The zero-order chi connectivity index (χ0) is 11.0. The third kappa shape index (κ3) is 1.71. The standard InChI is InChI=1S/C11H13N3O/c1-7-5-9-6-10(14(12)8(2)15)3-4-11(9)13-7/h3-6,13H,12H2,1-2H3. The third-order valence-corrected chi connectivity index (χ3v) is 2.36.